The summed E-state index contributed by atoms with van der Waals surface area (Å²) < 4.78 is 0. The van der Waals surface area contributed by atoms with Gasteiger partial charge in [0.05, 0.1) is 0 Å². The number of ketones is 1. The van der Waals surface area contributed by atoms with Crippen molar-refractivity contribution < 1.29 is 4.79 Å². The average molecular weight is 287 g/mol. The summed E-state index contributed by atoms with van der Waals surface area (Å²) in [7, 11) is 2.11. The van der Waals surface area contributed by atoms with Crippen LogP contribution in [0.3, 0.4) is 0 Å². The van der Waals surface area contributed by atoms with Gasteiger partial charge in [0, 0.05) is 31.6 Å². The Balaban J connectivity index is 1.96. The van der Waals surface area contributed by atoms with Crippen LogP contribution >= 0.6 is 0 Å². The van der Waals surface area contributed by atoms with Crippen molar-refractivity contribution in [2.24, 2.45) is 11.8 Å². The van der Waals surface area contributed by atoms with E-state index in [1.807, 2.05) is 0 Å². The molecule has 0 aromatic heterocycles. The first-order valence-corrected chi connectivity index (χ1v) is 8.46. The largest absolute Gasteiger partial charge is 0.374 e. The summed E-state index contributed by atoms with van der Waals surface area (Å²) in [4.78, 5) is 14.4. The van der Waals surface area contributed by atoms with Gasteiger partial charge in [-0.2, -0.15) is 0 Å². The zero-order valence-electron chi connectivity index (χ0n) is 13.8. The number of carbonyl (C=O) groups excluding carboxylic acids is 1. The van der Waals surface area contributed by atoms with Crippen molar-refractivity contribution in [3.63, 3.8) is 0 Å². The molecule has 1 fully saturated rings. The number of rotatable bonds is 6. The number of Topliss-reactive ketones (excluding diaryl/α,β-unsaturated/α-hetero) is 1. The second kappa shape index (κ2) is 7.63. The van der Waals surface area contributed by atoms with Crippen LogP contribution in [0.1, 0.15) is 51.5 Å². The minimum absolute atomic E-state index is 0.228. The lowest BCUT2D eigenvalue weighted by Crippen LogP contribution is -2.34. The fraction of sp³-hybridized carbons (Fsp3) is 0.632. The summed E-state index contributed by atoms with van der Waals surface area (Å²) in [5, 5.41) is 0. The maximum atomic E-state index is 12.2. The van der Waals surface area contributed by atoms with E-state index in [0.29, 0.717) is 5.78 Å². The second-order valence-electron chi connectivity index (χ2n) is 6.49. The van der Waals surface area contributed by atoms with Gasteiger partial charge in [0.2, 0.25) is 0 Å². The van der Waals surface area contributed by atoms with Crippen LogP contribution in [-0.4, -0.2) is 19.4 Å². The van der Waals surface area contributed by atoms with Crippen LogP contribution in [0.25, 0.3) is 0 Å². The minimum atomic E-state index is 0.228. The quantitative estimate of drug-likeness (QED) is 0.769. The molecule has 1 aliphatic carbocycles. The third kappa shape index (κ3) is 4.33. The van der Waals surface area contributed by atoms with E-state index in [1.54, 1.807) is 0 Å². The molecule has 0 bridgehead atoms. The van der Waals surface area contributed by atoms with Crippen LogP contribution in [-0.2, 0) is 11.2 Å². The average Bonchev–Trinajstić information content (AvgIpc) is 2.51. The van der Waals surface area contributed by atoms with Crippen molar-refractivity contribution in [2.45, 2.75) is 52.4 Å². The van der Waals surface area contributed by atoms with Gasteiger partial charge in [0.1, 0.15) is 5.78 Å². The lowest BCUT2D eigenvalue weighted by molar-refractivity contribution is -0.125. The molecule has 1 aliphatic rings. The second-order valence-corrected chi connectivity index (χ2v) is 6.49. The molecule has 0 amide bonds. The maximum Gasteiger partial charge on any atom is 0.137 e. The zero-order chi connectivity index (χ0) is 15.2. The van der Waals surface area contributed by atoms with Gasteiger partial charge in [-0.05, 0) is 42.9 Å². The van der Waals surface area contributed by atoms with Crippen molar-refractivity contribution in [1.29, 1.82) is 0 Å². The standard InChI is InChI=1S/C19H29NO/c1-4-6-16-9-12-19(21)17(13-16)14-20(3)18-10-7-15(5-2)8-11-18/h7-8,10-11,16-17H,4-6,9,12-14H2,1-3H3. The highest BCUT2D eigenvalue weighted by molar-refractivity contribution is 5.82. The molecule has 2 atom stereocenters. The van der Waals surface area contributed by atoms with E-state index in [0.717, 1.165) is 38.1 Å². The van der Waals surface area contributed by atoms with Crippen LogP contribution in [0.2, 0.25) is 0 Å². The predicted molar refractivity (Wildman–Crippen MR) is 89.8 cm³/mol. The van der Waals surface area contributed by atoms with Gasteiger partial charge in [0.15, 0.2) is 0 Å². The molecule has 116 valence electrons. The van der Waals surface area contributed by atoms with Crippen LogP contribution in [0.15, 0.2) is 24.3 Å². The van der Waals surface area contributed by atoms with Crippen LogP contribution < -0.4 is 4.90 Å². The molecule has 2 rings (SSSR count). The van der Waals surface area contributed by atoms with E-state index in [9.17, 15) is 4.79 Å². The summed E-state index contributed by atoms with van der Waals surface area (Å²) in [6.07, 6.45) is 6.57. The molecule has 0 N–H and O–H groups in total. The van der Waals surface area contributed by atoms with Crippen LogP contribution in [0.5, 0.6) is 0 Å². The molecule has 0 aliphatic heterocycles. The first-order valence-electron chi connectivity index (χ1n) is 8.46. The van der Waals surface area contributed by atoms with Gasteiger partial charge in [0.25, 0.3) is 0 Å². The van der Waals surface area contributed by atoms with E-state index in [-0.39, 0.29) is 5.92 Å². The van der Waals surface area contributed by atoms with Gasteiger partial charge in [-0.1, -0.05) is 38.8 Å². The Morgan fingerprint density at radius 1 is 1.19 bits per heavy atom. The van der Waals surface area contributed by atoms with Crippen molar-refractivity contribution >= 4 is 11.5 Å². The Kier molecular flexibility index (Phi) is 5.84. The maximum absolute atomic E-state index is 12.2. The molecule has 0 spiro atoms. The number of aryl methyl sites for hydroxylation is 1. The van der Waals surface area contributed by atoms with E-state index in [4.69, 9.17) is 0 Å². The van der Waals surface area contributed by atoms with E-state index in [2.05, 4.69) is 50.1 Å². The number of benzene rings is 1. The summed E-state index contributed by atoms with van der Waals surface area (Å²) in [5.74, 6) is 1.46. The number of nitrogens with zero attached hydrogens (tertiary/aromatic N) is 1. The first kappa shape index (κ1) is 16.1. The highest BCUT2D eigenvalue weighted by atomic mass is 16.1. The van der Waals surface area contributed by atoms with Gasteiger partial charge >= 0.3 is 0 Å². The SMILES string of the molecule is CCCC1CCC(=O)C(CN(C)c2ccc(CC)cc2)C1. The molecule has 2 heteroatoms. The molecule has 1 aromatic rings. The normalized spacial score (nSPS) is 22.3. The molecule has 0 heterocycles. The van der Waals surface area contributed by atoms with Gasteiger partial charge in [-0.3, -0.25) is 4.79 Å². The Morgan fingerprint density at radius 3 is 2.52 bits per heavy atom. The van der Waals surface area contributed by atoms with E-state index < -0.39 is 0 Å². The minimum Gasteiger partial charge on any atom is -0.374 e. The van der Waals surface area contributed by atoms with Crippen molar-refractivity contribution in [3.8, 4) is 0 Å². The number of hydrogen-bond acceptors (Lipinski definition) is 2. The zero-order valence-corrected chi connectivity index (χ0v) is 13.8. The highest BCUT2D eigenvalue weighted by Gasteiger charge is 2.29. The van der Waals surface area contributed by atoms with Gasteiger partial charge < -0.3 is 4.90 Å². The van der Waals surface area contributed by atoms with Gasteiger partial charge in [-0.15, -0.1) is 0 Å². The number of hydrogen-bond donors (Lipinski definition) is 0. The molecule has 1 saturated carbocycles. The summed E-state index contributed by atoms with van der Waals surface area (Å²) in [5.41, 5.74) is 2.58. The van der Waals surface area contributed by atoms with E-state index in [1.165, 1.54) is 24.1 Å². The third-order valence-corrected chi connectivity index (χ3v) is 4.85. The lowest BCUT2D eigenvalue weighted by Gasteiger charge is -2.31. The molecule has 2 nitrogen and oxygen atoms in total. The third-order valence-electron chi connectivity index (χ3n) is 4.85. The molecule has 0 radical (unpaired) electrons. The molecular weight excluding hydrogens is 258 g/mol. The Labute approximate surface area is 129 Å². The smallest absolute Gasteiger partial charge is 0.137 e. The summed E-state index contributed by atoms with van der Waals surface area (Å²) >= 11 is 0. The highest BCUT2D eigenvalue weighted by Crippen LogP contribution is 2.31. The molecule has 0 saturated heterocycles. The summed E-state index contributed by atoms with van der Waals surface area (Å²) in [6, 6.07) is 8.73. The Bertz CT molecular complexity index is 451. The topological polar surface area (TPSA) is 20.3 Å². The van der Waals surface area contributed by atoms with Crippen molar-refractivity contribution in [3.05, 3.63) is 29.8 Å². The van der Waals surface area contributed by atoms with Crippen LogP contribution in [0.4, 0.5) is 5.69 Å². The molecule has 2 unspecified atom stereocenters. The Hall–Kier alpha value is -1.31. The number of carbonyl (C=O) groups is 1. The van der Waals surface area contributed by atoms with Crippen molar-refractivity contribution in [2.75, 3.05) is 18.5 Å². The molecule has 1 aromatic carbocycles. The number of anilines is 1. The Morgan fingerprint density at radius 2 is 1.90 bits per heavy atom. The molecular formula is C19H29NO. The fourth-order valence-electron chi connectivity index (χ4n) is 3.47. The fourth-order valence-corrected chi connectivity index (χ4v) is 3.47. The molecule has 21 heavy (non-hydrogen) atoms. The first-order chi connectivity index (χ1) is 10.1. The predicted octanol–water partition coefficient (Wildman–Crippen LogP) is 4.47. The lowest BCUT2D eigenvalue weighted by atomic mass is 9.78. The van der Waals surface area contributed by atoms with Crippen molar-refractivity contribution in [1.82, 2.24) is 0 Å². The van der Waals surface area contributed by atoms with E-state index >= 15 is 0 Å². The van der Waals surface area contributed by atoms with Crippen LogP contribution in [0, 0.1) is 11.8 Å². The van der Waals surface area contributed by atoms with Gasteiger partial charge in [-0.25, -0.2) is 0 Å². The summed E-state index contributed by atoms with van der Waals surface area (Å²) in [6.45, 7) is 5.28. The monoisotopic (exact) mass is 287 g/mol.